The molecule has 0 saturated heterocycles. The number of hydrogen-bond donors (Lipinski definition) is 0. The van der Waals surface area contributed by atoms with Crippen LogP contribution in [0, 0.1) is 0 Å². The van der Waals surface area contributed by atoms with Gasteiger partial charge in [0, 0.05) is 4.88 Å². The standard InChI is InChI=1S/C19H16N2O3S3/c1-3-24-18(23)15-11(2)20-19-21(16(15)13-5-4-7-26-13)17(22)14(27-19)9-12-6-8-25-10-12/h4-10,16H,3H2,1-2H3/t16-/m1/s1. The maximum absolute atomic E-state index is 13.2. The Balaban J connectivity index is 1.96. The molecule has 0 spiro atoms. The summed E-state index contributed by atoms with van der Waals surface area (Å²) in [7, 11) is 0. The first-order chi connectivity index (χ1) is 13.1. The SMILES string of the molecule is CCOC(=O)C1=C(C)N=c2sc(=Cc3ccsc3)c(=O)n2[C@@H]1c1cccs1. The lowest BCUT2D eigenvalue weighted by Gasteiger charge is -2.23. The van der Waals surface area contributed by atoms with Gasteiger partial charge in [-0.1, -0.05) is 17.4 Å². The van der Waals surface area contributed by atoms with E-state index in [2.05, 4.69) is 4.99 Å². The van der Waals surface area contributed by atoms with Crippen molar-refractivity contribution < 1.29 is 9.53 Å². The van der Waals surface area contributed by atoms with E-state index in [0.29, 0.717) is 20.6 Å². The number of carbonyl (C=O) groups excluding carboxylic acids is 1. The van der Waals surface area contributed by atoms with Gasteiger partial charge in [0.1, 0.15) is 6.04 Å². The second kappa shape index (κ2) is 7.38. The highest BCUT2D eigenvalue weighted by Crippen LogP contribution is 2.33. The topological polar surface area (TPSA) is 60.7 Å². The summed E-state index contributed by atoms with van der Waals surface area (Å²) >= 11 is 4.44. The summed E-state index contributed by atoms with van der Waals surface area (Å²) in [5, 5.41) is 5.90. The number of allylic oxidation sites excluding steroid dienone is 1. The predicted molar refractivity (Wildman–Crippen MR) is 109 cm³/mol. The summed E-state index contributed by atoms with van der Waals surface area (Å²) in [5.41, 5.74) is 1.86. The minimum Gasteiger partial charge on any atom is -0.463 e. The van der Waals surface area contributed by atoms with Crippen molar-refractivity contribution in [3.05, 3.63) is 75.7 Å². The van der Waals surface area contributed by atoms with Gasteiger partial charge >= 0.3 is 5.97 Å². The van der Waals surface area contributed by atoms with Crippen LogP contribution in [-0.4, -0.2) is 17.1 Å². The van der Waals surface area contributed by atoms with Gasteiger partial charge in [0.05, 0.1) is 22.4 Å². The largest absolute Gasteiger partial charge is 0.463 e. The van der Waals surface area contributed by atoms with Crippen molar-refractivity contribution in [2.24, 2.45) is 4.99 Å². The molecule has 0 aromatic carbocycles. The quantitative estimate of drug-likeness (QED) is 0.615. The highest BCUT2D eigenvalue weighted by Gasteiger charge is 2.33. The second-order valence-corrected chi connectivity index (χ2v) is 8.64. The van der Waals surface area contributed by atoms with E-state index in [-0.39, 0.29) is 12.2 Å². The first-order valence-corrected chi connectivity index (χ1v) is 11.0. The van der Waals surface area contributed by atoms with Crippen LogP contribution < -0.4 is 14.9 Å². The van der Waals surface area contributed by atoms with E-state index in [9.17, 15) is 9.59 Å². The minimum atomic E-state index is -0.509. The summed E-state index contributed by atoms with van der Waals surface area (Å²) < 4.78 is 7.48. The third-order valence-electron chi connectivity index (χ3n) is 4.17. The van der Waals surface area contributed by atoms with Crippen LogP contribution in [0.3, 0.4) is 0 Å². The molecule has 4 rings (SSSR count). The number of aromatic nitrogens is 1. The Morgan fingerprint density at radius 2 is 2.22 bits per heavy atom. The number of ether oxygens (including phenoxy) is 1. The molecule has 0 bridgehead atoms. The fourth-order valence-corrected chi connectivity index (χ4v) is 5.50. The smallest absolute Gasteiger partial charge is 0.338 e. The number of nitrogens with zero attached hydrogens (tertiary/aromatic N) is 2. The van der Waals surface area contributed by atoms with Crippen LogP contribution in [0.15, 0.2) is 55.4 Å². The summed E-state index contributed by atoms with van der Waals surface area (Å²) in [6.45, 7) is 3.84. The molecule has 0 aliphatic carbocycles. The molecule has 0 saturated carbocycles. The Bertz CT molecular complexity index is 1180. The van der Waals surface area contributed by atoms with Crippen LogP contribution in [0.1, 0.15) is 30.3 Å². The number of thiazole rings is 1. The predicted octanol–water partition coefficient (Wildman–Crippen LogP) is 2.92. The number of esters is 1. The van der Waals surface area contributed by atoms with E-state index in [1.165, 1.54) is 22.7 Å². The lowest BCUT2D eigenvalue weighted by atomic mass is 10.0. The van der Waals surface area contributed by atoms with Crippen molar-refractivity contribution in [2.75, 3.05) is 6.61 Å². The number of thiophene rings is 2. The maximum atomic E-state index is 13.2. The van der Waals surface area contributed by atoms with Gasteiger partial charge in [-0.05, 0) is 53.8 Å². The number of hydrogen-bond acceptors (Lipinski definition) is 7. The molecular weight excluding hydrogens is 400 g/mol. The molecule has 3 aromatic rings. The normalized spacial score (nSPS) is 17.0. The van der Waals surface area contributed by atoms with E-state index >= 15 is 0 Å². The third-order valence-corrected chi connectivity index (χ3v) is 6.78. The van der Waals surface area contributed by atoms with Crippen LogP contribution in [0.25, 0.3) is 6.08 Å². The van der Waals surface area contributed by atoms with Gasteiger partial charge in [0.2, 0.25) is 0 Å². The van der Waals surface area contributed by atoms with Gasteiger partial charge in [0.25, 0.3) is 5.56 Å². The zero-order valence-electron chi connectivity index (χ0n) is 14.7. The van der Waals surface area contributed by atoms with Crippen molar-refractivity contribution in [1.29, 1.82) is 0 Å². The number of rotatable bonds is 4. The molecule has 1 atom stereocenters. The molecule has 8 heteroatoms. The van der Waals surface area contributed by atoms with E-state index in [4.69, 9.17) is 4.74 Å². The number of fused-ring (bicyclic) bond motifs is 1. The zero-order valence-corrected chi connectivity index (χ0v) is 17.1. The first-order valence-electron chi connectivity index (χ1n) is 8.35. The van der Waals surface area contributed by atoms with Crippen molar-refractivity contribution in [2.45, 2.75) is 19.9 Å². The molecule has 138 valence electrons. The van der Waals surface area contributed by atoms with Crippen molar-refractivity contribution in [3.8, 4) is 0 Å². The molecule has 5 nitrogen and oxygen atoms in total. The summed E-state index contributed by atoms with van der Waals surface area (Å²) in [4.78, 5) is 31.9. The molecule has 0 radical (unpaired) electrons. The van der Waals surface area contributed by atoms with Gasteiger partial charge < -0.3 is 4.74 Å². The highest BCUT2D eigenvalue weighted by atomic mass is 32.1. The molecule has 0 amide bonds. The molecule has 27 heavy (non-hydrogen) atoms. The van der Waals surface area contributed by atoms with Crippen LogP contribution in [-0.2, 0) is 9.53 Å². The molecule has 3 aromatic heterocycles. The van der Waals surface area contributed by atoms with Crippen molar-refractivity contribution in [3.63, 3.8) is 0 Å². The van der Waals surface area contributed by atoms with E-state index < -0.39 is 12.0 Å². The Kier molecular flexibility index (Phi) is 4.94. The van der Waals surface area contributed by atoms with Gasteiger partial charge in [-0.3, -0.25) is 9.36 Å². The Hall–Kier alpha value is -2.29. The fraction of sp³-hybridized carbons (Fsp3) is 0.211. The molecule has 0 fully saturated rings. The Morgan fingerprint density at radius 3 is 2.89 bits per heavy atom. The molecule has 4 heterocycles. The number of carbonyl (C=O) groups is 1. The average molecular weight is 417 g/mol. The van der Waals surface area contributed by atoms with Gasteiger partial charge in [-0.2, -0.15) is 11.3 Å². The zero-order chi connectivity index (χ0) is 19.0. The first kappa shape index (κ1) is 18.1. The lowest BCUT2D eigenvalue weighted by molar-refractivity contribution is -0.139. The van der Waals surface area contributed by atoms with Crippen LogP contribution in [0.4, 0.5) is 0 Å². The van der Waals surface area contributed by atoms with Crippen LogP contribution in [0.2, 0.25) is 0 Å². The second-order valence-electron chi connectivity index (χ2n) is 5.87. The summed E-state index contributed by atoms with van der Waals surface area (Å²) in [5.74, 6) is -0.427. The van der Waals surface area contributed by atoms with Crippen molar-refractivity contribution in [1.82, 2.24) is 4.57 Å². The van der Waals surface area contributed by atoms with E-state index in [0.717, 1.165) is 10.4 Å². The fourth-order valence-electron chi connectivity index (χ4n) is 3.02. The monoisotopic (exact) mass is 416 g/mol. The molecule has 1 aliphatic rings. The molecule has 1 aliphatic heterocycles. The lowest BCUT2D eigenvalue weighted by Crippen LogP contribution is -2.39. The minimum absolute atomic E-state index is 0.141. The highest BCUT2D eigenvalue weighted by molar-refractivity contribution is 7.10. The van der Waals surface area contributed by atoms with Crippen LogP contribution in [0.5, 0.6) is 0 Å². The molecule has 0 N–H and O–H groups in total. The summed E-state index contributed by atoms with van der Waals surface area (Å²) in [6.07, 6.45) is 1.87. The van der Waals surface area contributed by atoms with E-state index in [1.54, 1.807) is 29.8 Å². The van der Waals surface area contributed by atoms with Gasteiger partial charge in [-0.15, -0.1) is 11.3 Å². The summed E-state index contributed by atoms with van der Waals surface area (Å²) in [6, 6.07) is 5.31. The van der Waals surface area contributed by atoms with Crippen molar-refractivity contribution >= 4 is 46.1 Å². The maximum Gasteiger partial charge on any atom is 0.338 e. The van der Waals surface area contributed by atoms with Crippen LogP contribution >= 0.6 is 34.0 Å². The Morgan fingerprint density at radius 1 is 1.37 bits per heavy atom. The molecule has 0 unspecified atom stereocenters. The van der Waals surface area contributed by atoms with E-state index in [1.807, 2.05) is 40.4 Å². The third kappa shape index (κ3) is 3.24. The Labute approximate surface area is 167 Å². The molecular formula is C19H16N2O3S3. The average Bonchev–Trinajstić information content (AvgIpc) is 3.38. The van der Waals surface area contributed by atoms with Gasteiger partial charge in [-0.25, -0.2) is 9.79 Å². The van der Waals surface area contributed by atoms with Gasteiger partial charge in [0.15, 0.2) is 4.80 Å².